The molecule has 0 atom stereocenters. The predicted molar refractivity (Wildman–Crippen MR) is 66.8 cm³/mol. The van der Waals surface area contributed by atoms with Crippen molar-refractivity contribution < 1.29 is 0 Å². The molecule has 2 rings (SSSR count). The molecule has 0 saturated carbocycles. The summed E-state index contributed by atoms with van der Waals surface area (Å²) < 4.78 is 1.84. The second-order valence-electron chi connectivity index (χ2n) is 4.16. The Labute approximate surface area is 95.9 Å². The van der Waals surface area contributed by atoms with Gasteiger partial charge in [-0.1, -0.05) is 6.92 Å². The van der Waals surface area contributed by atoms with E-state index in [2.05, 4.69) is 35.0 Å². The molecule has 16 heavy (non-hydrogen) atoms. The summed E-state index contributed by atoms with van der Waals surface area (Å²) in [5.41, 5.74) is 3.22. The van der Waals surface area contributed by atoms with Gasteiger partial charge in [0.15, 0.2) is 5.65 Å². The molecule has 2 heterocycles. The van der Waals surface area contributed by atoms with E-state index in [1.165, 1.54) is 11.1 Å². The molecule has 4 heteroatoms. The molecule has 0 saturated heterocycles. The molecule has 0 aliphatic rings. The molecule has 2 aromatic heterocycles. The molecule has 2 aromatic rings. The average molecular weight is 218 g/mol. The third kappa shape index (κ3) is 1.64. The predicted octanol–water partition coefficient (Wildman–Crippen LogP) is 2.12. The minimum absolute atomic E-state index is 0.956. The third-order valence-electron chi connectivity index (χ3n) is 2.85. The smallest absolute Gasteiger partial charge is 0.159 e. The molecule has 0 radical (unpaired) electrons. The summed E-state index contributed by atoms with van der Waals surface area (Å²) in [5.74, 6) is 0. The van der Waals surface area contributed by atoms with Crippen molar-refractivity contribution in [1.82, 2.24) is 14.8 Å². The van der Waals surface area contributed by atoms with Crippen LogP contribution in [-0.4, -0.2) is 28.4 Å². The first-order chi connectivity index (χ1) is 7.65. The molecule has 0 unspecified atom stereocenters. The molecular formula is C12H18N4. The zero-order valence-electron chi connectivity index (χ0n) is 10.4. The van der Waals surface area contributed by atoms with Crippen LogP contribution in [-0.2, 0) is 7.05 Å². The Morgan fingerprint density at radius 1 is 1.44 bits per heavy atom. The van der Waals surface area contributed by atoms with Crippen LogP contribution in [0, 0.1) is 6.92 Å². The van der Waals surface area contributed by atoms with Crippen LogP contribution in [0.25, 0.3) is 11.0 Å². The van der Waals surface area contributed by atoms with Crippen LogP contribution < -0.4 is 4.90 Å². The van der Waals surface area contributed by atoms with Crippen molar-refractivity contribution in [2.75, 3.05) is 18.5 Å². The molecule has 0 spiro atoms. The SMILES string of the molecule is CCCN(C)c1ccnc2c1c(C)nn2C. The van der Waals surface area contributed by atoms with Crippen molar-refractivity contribution in [2.45, 2.75) is 20.3 Å². The first-order valence-electron chi connectivity index (χ1n) is 5.64. The van der Waals surface area contributed by atoms with Crippen LogP contribution in [0.15, 0.2) is 12.3 Å². The number of pyridine rings is 1. The van der Waals surface area contributed by atoms with Crippen molar-refractivity contribution >= 4 is 16.7 Å². The van der Waals surface area contributed by atoms with Gasteiger partial charge in [0, 0.05) is 26.8 Å². The number of nitrogens with zero attached hydrogens (tertiary/aromatic N) is 4. The van der Waals surface area contributed by atoms with Crippen molar-refractivity contribution in [1.29, 1.82) is 0 Å². The van der Waals surface area contributed by atoms with Crippen LogP contribution in [0.4, 0.5) is 5.69 Å². The van der Waals surface area contributed by atoms with Crippen LogP contribution in [0.5, 0.6) is 0 Å². The number of hydrogen-bond acceptors (Lipinski definition) is 3. The molecule has 0 aliphatic carbocycles. The lowest BCUT2D eigenvalue weighted by Crippen LogP contribution is -2.18. The lowest BCUT2D eigenvalue weighted by molar-refractivity contribution is 0.774. The van der Waals surface area contributed by atoms with Gasteiger partial charge in [0.2, 0.25) is 0 Å². The number of fused-ring (bicyclic) bond motifs is 1. The second kappa shape index (κ2) is 4.12. The van der Waals surface area contributed by atoms with E-state index in [0.29, 0.717) is 0 Å². The number of rotatable bonds is 3. The van der Waals surface area contributed by atoms with Crippen molar-refractivity contribution in [3.05, 3.63) is 18.0 Å². The Balaban J connectivity index is 2.61. The maximum atomic E-state index is 4.42. The topological polar surface area (TPSA) is 34.0 Å². The van der Waals surface area contributed by atoms with Gasteiger partial charge in [-0.05, 0) is 19.4 Å². The van der Waals surface area contributed by atoms with Crippen molar-refractivity contribution in [3.63, 3.8) is 0 Å². The Morgan fingerprint density at radius 2 is 2.19 bits per heavy atom. The van der Waals surface area contributed by atoms with Crippen LogP contribution >= 0.6 is 0 Å². The fraction of sp³-hybridized carbons (Fsp3) is 0.500. The highest BCUT2D eigenvalue weighted by Gasteiger charge is 2.12. The zero-order valence-corrected chi connectivity index (χ0v) is 10.4. The van der Waals surface area contributed by atoms with E-state index in [4.69, 9.17) is 0 Å². The molecule has 0 N–H and O–H groups in total. The summed E-state index contributed by atoms with van der Waals surface area (Å²) in [5, 5.41) is 5.59. The van der Waals surface area contributed by atoms with E-state index in [-0.39, 0.29) is 0 Å². The fourth-order valence-corrected chi connectivity index (χ4v) is 2.13. The molecular weight excluding hydrogens is 200 g/mol. The van der Waals surface area contributed by atoms with Crippen LogP contribution in [0.1, 0.15) is 19.0 Å². The first-order valence-corrected chi connectivity index (χ1v) is 5.64. The minimum Gasteiger partial charge on any atom is -0.374 e. The Kier molecular flexibility index (Phi) is 2.81. The molecule has 0 fully saturated rings. The molecule has 0 amide bonds. The molecule has 0 bridgehead atoms. The van der Waals surface area contributed by atoms with Gasteiger partial charge in [-0.2, -0.15) is 5.10 Å². The maximum Gasteiger partial charge on any atom is 0.159 e. The Bertz CT molecular complexity index is 501. The summed E-state index contributed by atoms with van der Waals surface area (Å²) in [6.07, 6.45) is 2.99. The number of aromatic nitrogens is 3. The van der Waals surface area contributed by atoms with Gasteiger partial charge in [-0.3, -0.25) is 4.68 Å². The summed E-state index contributed by atoms with van der Waals surface area (Å²) in [6, 6.07) is 2.06. The minimum atomic E-state index is 0.956. The van der Waals surface area contributed by atoms with Gasteiger partial charge < -0.3 is 4.90 Å². The standard InChI is InChI=1S/C12H18N4/c1-5-8-15(3)10-6-7-13-12-11(10)9(2)14-16(12)4/h6-7H,5,8H2,1-4H3. The van der Waals surface area contributed by atoms with E-state index in [0.717, 1.165) is 24.3 Å². The van der Waals surface area contributed by atoms with E-state index in [1.807, 2.05) is 24.9 Å². The number of anilines is 1. The van der Waals surface area contributed by atoms with Gasteiger partial charge in [0.05, 0.1) is 16.8 Å². The maximum absolute atomic E-state index is 4.42. The summed E-state index contributed by atoms with van der Waals surface area (Å²) in [6.45, 7) is 5.27. The summed E-state index contributed by atoms with van der Waals surface area (Å²) >= 11 is 0. The molecule has 86 valence electrons. The Hall–Kier alpha value is -1.58. The van der Waals surface area contributed by atoms with E-state index in [1.54, 1.807) is 0 Å². The van der Waals surface area contributed by atoms with Crippen molar-refractivity contribution in [2.24, 2.45) is 7.05 Å². The number of hydrogen-bond donors (Lipinski definition) is 0. The van der Waals surface area contributed by atoms with Gasteiger partial charge in [0.1, 0.15) is 0 Å². The molecule has 0 aromatic carbocycles. The lowest BCUT2D eigenvalue weighted by atomic mass is 10.2. The largest absolute Gasteiger partial charge is 0.374 e. The average Bonchev–Trinajstić information content (AvgIpc) is 2.55. The second-order valence-corrected chi connectivity index (χ2v) is 4.16. The van der Waals surface area contributed by atoms with Gasteiger partial charge >= 0.3 is 0 Å². The van der Waals surface area contributed by atoms with E-state index >= 15 is 0 Å². The monoisotopic (exact) mass is 218 g/mol. The quantitative estimate of drug-likeness (QED) is 0.791. The van der Waals surface area contributed by atoms with E-state index in [9.17, 15) is 0 Å². The van der Waals surface area contributed by atoms with Gasteiger partial charge in [-0.15, -0.1) is 0 Å². The van der Waals surface area contributed by atoms with E-state index < -0.39 is 0 Å². The highest BCUT2D eigenvalue weighted by molar-refractivity contribution is 5.91. The highest BCUT2D eigenvalue weighted by Crippen LogP contribution is 2.26. The normalized spacial score (nSPS) is 11.0. The lowest BCUT2D eigenvalue weighted by Gasteiger charge is -2.19. The number of aryl methyl sites for hydroxylation is 2. The van der Waals surface area contributed by atoms with Gasteiger partial charge in [-0.25, -0.2) is 4.98 Å². The van der Waals surface area contributed by atoms with Crippen molar-refractivity contribution in [3.8, 4) is 0 Å². The van der Waals surface area contributed by atoms with Crippen LogP contribution in [0.3, 0.4) is 0 Å². The van der Waals surface area contributed by atoms with Gasteiger partial charge in [0.25, 0.3) is 0 Å². The molecule has 4 nitrogen and oxygen atoms in total. The fourth-order valence-electron chi connectivity index (χ4n) is 2.13. The zero-order chi connectivity index (χ0) is 11.7. The first kappa shape index (κ1) is 10.9. The van der Waals surface area contributed by atoms with Crippen LogP contribution in [0.2, 0.25) is 0 Å². The summed E-state index contributed by atoms with van der Waals surface area (Å²) in [4.78, 5) is 6.64. The summed E-state index contributed by atoms with van der Waals surface area (Å²) in [7, 11) is 4.05. The molecule has 0 aliphatic heterocycles. The highest BCUT2D eigenvalue weighted by atomic mass is 15.3. The third-order valence-corrected chi connectivity index (χ3v) is 2.85. The Morgan fingerprint density at radius 3 is 2.88 bits per heavy atom.